The summed E-state index contributed by atoms with van der Waals surface area (Å²) in [5, 5.41) is 31.1. The van der Waals surface area contributed by atoms with Crippen LogP contribution in [-0.2, 0) is 9.59 Å². The van der Waals surface area contributed by atoms with Crippen LogP contribution in [0.2, 0.25) is 0 Å². The second-order valence-corrected chi connectivity index (χ2v) is 4.36. The molecule has 10 nitrogen and oxygen atoms in total. The van der Waals surface area contributed by atoms with E-state index in [-0.39, 0.29) is 5.69 Å². The summed E-state index contributed by atoms with van der Waals surface area (Å²) in [5.74, 6) is -2.72. The molecular formula is C12H13N3O7. The van der Waals surface area contributed by atoms with Crippen molar-refractivity contribution in [3.63, 3.8) is 0 Å². The van der Waals surface area contributed by atoms with Gasteiger partial charge in [0.15, 0.2) is 0 Å². The molecule has 0 fully saturated rings. The molecule has 0 aromatic heterocycles. The molecule has 0 aliphatic carbocycles. The molecule has 1 aromatic rings. The summed E-state index contributed by atoms with van der Waals surface area (Å²) in [6, 6.07) is 1.03. The Bertz CT molecular complexity index is 617. The van der Waals surface area contributed by atoms with Gasteiger partial charge in [-0.3, -0.25) is 14.9 Å². The molecule has 1 unspecified atom stereocenters. The van der Waals surface area contributed by atoms with Crippen molar-refractivity contribution in [1.29, 1.82) is 0 Å². The SMILES string of the molecule is N[C@H](C=O)C(CC(=O)O)Nc1ccc([N+](=O)[O-])c(C(=O)O)c1. The minimum Gasteiger partial charge on any atom is -0.481 e. The number of nitrogens with zero attached hydrogens (tertiary/aromatic N) is 1. The maximum Gasteiger partial charge on any atom is 0.342 e. The normalized spacial score (nSPS) is 13.0. The summed E-state index contributed by atoms with van der Waals surface area (Å²) in [4.78, 5) is 42.4. The van der Waals surface area contributed by atoms with Crippen molar-refractivity contribution in [2.24, 2.45) is 5.73 Å². The van der Waals surface area contributed by atoms with Crippen LogP contribution in [0, 0.1) is 10.1 Å². The molecule has 1 aromatic carbocycles. The number of anilines is 1. The van der Waals surface area contributed by atoms with Gasteiger partial charge < -0.3 is 26.1 Å². The van der Waals surface area contributed by atoms with Crippen LogP contribution in [0.1, 0.15) is 16.8 Å². The number of nitro benzene ring substituents is 1. The first-order chi connectivity index (χ1) is 10.3. The number of aromatic carboxylic acids is 1. The quantitative estimate of drug-likeness (QED) is 0.294. The highest BCUT2D eigenvalue weighted by atomic mass is 16.6. The van der Waals surface area contributed by atoms with Crippen LogP contribution in [0.4, 0.5) is 11.4 Å². The molecule has 5 N–H and O–H groups in total. The number of rotatable bonds is 8. The Morgan fingerprint density at radius 3 is 2.50 bits per heavy atom. The lowest BCUT2D eigenvalue weighted by Crippen LogP contribution is -2.42. The third kappa shape index (κ3) is 4.24. The van der Waals surface area contributed by atoms with Gasteiger partial charge in [-0.25, -0.2) is 4.79 Å². The van der Waals surface area contributed by atoms with E-state index in [0.717, 1.165) is 12.1 Å². The lowest BCUT2D eigenvalue weighted by atomic mass is 10.1. The molecule has 118 valence electrons. The van der Waals surface area contributed by atoms with Gasteiger partial charge in [0.1, 0.15) is 11.8 Å². The molecule has 0 spiro atoms. The summed E-state index contributed by atoms with van der Waals surface area (Å²) >= 11 is 0. The number of hydrogen-bond donors (Lipinski definition) is 4. The van der Waals surface area contributed by atoms with Crippen LogP contribution in [-0.4, -0.2) is 45.4 Å². The van der Waals surface area contributed by atoms with Crippen molar-refractivity contribution in [3.05, 3.63) is 33.9 Å². The Balaban J connectivity index is 3.12. The van der Waals surface area contributed by atoms with Gasteiger partial charge in [0.05, 0.1) is 23.4 Å². The van der Waals surface area contributed by atoms with E-state index < -0.39 is 46.6 Å². The summed E-state index contributed by atoms with van der Waals surface area (Å²) in [5.41, 5.74) is 4.40. The van der Waals surface area contributed by atoms with E-state index >= 15 is 0 Å². The zero-order chi connectivity index (χ0) is 16.9. The van der Waals surface area contributed by atoms with E-state index in [1.54, 1.807) is 0 Å². The fourth-order valence-electron chi connectivity index (χ4n) is 1.74. The maximum absolute atomic E-state index is 11.0. The third-order valence-corrected chi connectivity index (χ3v) is 2.79. The van der Waals surface area contributed by atoms with Gasteiger partial charge >= 0.3 is 11.9 Å². The Kier molecular flexibility index (Phi) is 5.52. The van der Waals surface area contributed by atoms with Gasteiger partial charge in [-0.2, -0.15) is 0 Å². The van der Waals surface area contributed by atoms with Crippen molar-refractivity contribution in [1.82, 2.24) is 0 Å². The van der Waals surface area contributed by atoms with Gasteiger partial charge in [0, 0.05) is 11.8 Å². The van der Waals surface area contributed by atoms with Crippen molar-refractivity contribution in [2.75, 3.05) is 5.32 Å². The number of aldehydes is 1. The minimum absolute atomic E-state index is 0.103. The molecule has 0 saturated heterocycles. The van der Waals surface area contributed by atoms with Crippen LogP contribution in [0.15, 0.2) is 18.2 Å². The highest BCUT2D eigenvalue weighted by Gasteiger charge is 2.23. The van der Waals surface area contributed by atoms with Crippen LogP contribution in [0.25, 0.3) is 0 Å². The fraction of sp³-hybridized carbons (Fsp3) is 0.250. The standard InChI is InChI=1S/C12H13N3O7/c13-8(5-16)9(4-11(17)18)14-6-1-2-10(15(21)22)7(3-6)12(19)20/h1-3,5,8-9,14H,4,13H2,(H,17,18)(H,19,20)/t8-,9?/m1/s1. The van der Waals surface area contributed by atoms with E-state index in [9.17, 15) is 24.5 Å². The highest BCUT2D eigenvalue weighted by molar-refractivity contribution is 5.93. The van der Waals surface area contributed by atoms with Crippen molar-refractivity contribution in [2.45, 2.75) is 18.5 Å². The van der Waals surface area contributed by atoms with Crippen LogP contribution >= 0.6 is 0 Å². The molecule has 2 atom stereocenters. The number of benzene rings is 1. The number of carbonyl (C=O) groups is 3. The molecule has 0 heterocycles. The summed E-state index contributed by atoms with van der Waals surface area (Å²) < 4.78 is 0. The predicted molar refractivity (Wildman–Crippen MR) is 73.8 cm³/mol. The Hall–Kier alpha value is -3.01. The maximum atomic E-state index is 11.0. The average Bonchev–Trinajstić information content (AvgIpc) is 2.44. The van der Waals surface area contributed by atoms with E-state index in [4.69, 9.17) is 15.9 Å². The van der Waals surface area contributed by atoms with E-state index in [1.807, 2.05) is 0 Å². The molecule has 0 aliphatic heterocycles. The summed E-state index contributed by atoms with van der Waals surface area (Å²) in [7, 11) is 0. The van der Waals surface area contributed by atoms with Crippen LogP contribution < -0.4 is 11.1 Å². The third-order valence-electron chi connectivity index (χ3n) is 2.79. The van der Waals surface area contributed by atoms with Gasteiger partial charge in [-0.05, 0) is 12.1 Å². The Morgan fingerprint density at radius 2 is 2.05 bits per heavy atom. The van der Waals surface area contributed by atoms with Crippen LogP contribution in [0.3, 0.4) is 0 Å². The van der Waals surface area contributed by atoms with Gasteiger partial charge in [-0.15, -0.1) is 0 Å². The smallest absolute Gasteiger partial charge is 0.342 e. The summed E-state index contributed by atoms with van der Waals surface area (Å²) in [6.07, 6.45) is -0.136. The van der Waals surface area contributed by atoms with Crippen molar-refractivity contribution < 1.29 is 29.5 Å². The number of carbonyl (C=O) groups excluding carboxylic acids is 1. The minimum atomic E-state index is -1.51. The number of aliphatic carboxylic acids is 1. The second kappa shape index (κ2) is 7.13. The number of nitrogens with two attached hydrogens (primary N) is 1. The van der Waals surface area contributed by atoms with Crippen molar-refractivity contribution in [3.8, 4) is 0 Å². The molecule has 0 amide bonds. The zero-order valence-electron chi connectivity index (χ0n) is 11.1. The first-order valence-electron chi connectivity index (χ1n) is 5.97. The largest absolute Gasteiger partial charge is 0.481 e. The van der Waals surface area contributed by atoms with Crippen molar-refractivity contribution >= 4 is 29.6 Å². The molecule has 10 heteroatoms. The van der Waals surface area contributed by atoms with E-state index in [1.165, 1.54) is 6.07 Å². The Labute approximate surface area is 123 Å². The number of hydrogen-bond acceptors (Lipinski definition) is 7. The fourth-order valence-corrected chi connectivity index (χ4v) is 1.74. The van der Waals surface area contributed by atoms with E-state index in [2.05, 4.69) is 5.32 Å². The lowest BCUT2D eigenvalue weighted by Gasteiger charge is -2.21. The lowest BCUT2D eigenvalue weighted by molar-refractivity contribution is -0.385. The van der Waals surface area contributed by atoms with Gasteiger partial charge in [0.2, 0.25) is 0 Å². The molecule has 0 aliphatic rings. The zero-order valence-corrected chi connectivity index (χ0v) is 11.1. The number of carboxylic acid groups (broad SMARTS) is 2. The van der Waals surface area contributed by atoms with Gasteiger partial charge in [0.25, 0.3) is 5.69 Å². The van der Waals surface area contributed by atoms with Gasteiger partial charge in [-0.1, -0.05) is 0 Å². The first-order valence-corrected chi connectivity index (χ1v) is 5.97. The summed E-state index contributed by atoms with van der Waals surface area (Å²) in [6.45, 7) is 0. The van der Waals surface area contributed by atoms with E-state index in [0.29, 0.717) is 6.29 Å². The topological polar surface area (TPSA) is 173 Å². The second-order valence-electron chi connectivity index (χ2n) is 4.36. The predicted octanol–water partition coefficient (Wildman–Crippen LogP) is 0.0744. The number of carboxylic acids is 2. The Morgan fingerprint density at radius 1 is 1.41 bits per heavy atom. The average molecular weight is 311 g/mol. The number of nitro groups is 1. The monoisotopic (exact) mass is 311 g/mol. The first kappa shape index (κ1) is 17.0. The molecule has 1 rings (SSSR count). The highest BCUT2D eigenvalue weighted by Crippen LogP contribution is 2.23. The van der Waals surface area contributed by atoms with Crippen LogP contribution in [0.5, 0.6) is 0 Å². The number of nitrogens with one attached hydrogen (secondary N) is 1. The molecule has 0 saturated carbocycles. The molecular weight excluding hydrogens is 298 g/mol. The molecule has 0 bridgehead atoms. The molecule has 22 heavy (non-hydrogen) atoms. The molecule has 0 radical (unpaired) electrons.